The maximum Gasteiger partial charge on any atom is 0.0575 e. The van der Waals surface area contributed by atoms with Gasteiger partial charge in [-0.15, -0.1) is 24.8 Å². The van der Waals surface area contributed by atoms with E-state index in [9.17, 15) is 0 Å². The molecule has 0 aliphatic rings. The first-order valence-electron chi connectivity index (χ1n) is 3.13. The second-order valence-corrected chi connectivity index (χ2v) is 1.71. The van der Waals surface area contributed by atoms with E-state index in [0.717, 1.165) is 13.0 Å². The van der Waals surface area contributed by atoms with E-state index in [4.69, 9.17) is 16.9 Å². The fraction of sp³-hybridized carbons (Fsp3) is 0.714. The summed E-state index contributed by atoms with van der Waals surface area (Å²) in [5, 5.41) is 0. The van der Waals surface area contributed by atoms with Crippen molar-refractivity contribution < 1.29 is 4.74 Å². The lowest BCUT2D eigenvalue weighted by Gasteiger charge is -1.97. The molecule has 60 valence electrons. The van der Waals surface area contributed by atoms with Gasteiger partial charge in [0.1, 0.15) is 0 Å². The van der Waals surface area contributed by atoms with Crippen molar-refractivity contribution >= 4 is 12.4 Å². The third kappa shape index (κ3) is 10.7. The minimum Gasteiger partial charge on any atom is -0.380 e. The van der Waals surface area contributed by atoms with Gasteiger partial charge in [-0.2, -0.15) is 0 Å². The monoisotopic (exact) mass is 163 g/mol. The first-order chi connectivity index (χ1) is 4.41. The minimum atomic E-state index is 0. The smallest absolute Gasteiger partial charge is 0.0575 e. The van der Waals surface area contributed by atoms with E-state index in [0.29, 0.717) is 19.6 Å². The molecule has 0 unspecified atom stereocenters. The van der Waals surface area contributed by atoms with Crippen molar-refractivity contribution in [2.24, 2.45) is 5.73 Å². The largest absolute Gasteiger partial charge is 0.380 e. The zero-order chi connectivity index (χ0) is 6.95. The maximum atomic E-state index is 5.22. The van der Waals surface area contributed by atoms with Crippen molar-refractivity contribution in [1.82, 2.24) is 0 Å². The van der Waals surface area contributed by atoms with Crippen molar-refractivity contribution in [2.45, 2.75) is 12.8 Å². The van der Waals surface area contributed by atoms with E-state index >= 15 is 0 Å². The van der Waals surface area contributed by atoms with Crippen LogP contribution in [-0.4, -0.2) is 19.8 Å². The van der Waals surface area contributed by atoms with Crippen molar-refractivity contribution in [2.75, 3.05) is 19.8 Å². The molecule has 0 aliphatic carbocycles. The molecule has 0 amide bonds. The Morgan fingerprint density at radius 1 is 1.40 bits per heavy atom. The zero-order valence-corrected chi connectivity index (χ0v) is 6.82. The molecule has 0 spiro atoms. The lowest BCUT2D eigenvalue weighted by molar-refractivity contribution is 0.139. The van der Waals surface area contributed by atoms with Gasteiger partial charge in [-0.25, -0.2) is 0 Å². The van der Waals surface area contributed by atoms with Gasteiger partial charge in [-0.05, 0) is 13.0 Å². The topological polar surface area (TPSA) is 35.2 Å². The summed E-state index contributed by atoms with van der Waals surface area (Å²) >= 11 is 0. The van der Waals surface area contributed by atoms with Crippen LogP contribution in [0.2, 0.25) is 0 Å². The van der Waals surface area contributed by atoms with Gasteiger partial charge in [0.05, 0.1) is 6.61 Å². The third-order valence-electron chi connectivity index (χ3n) is 0.884. The number of halogens is 1. The summed E-state index contributed by atoms with van der Waals surface area (Å²) in [6.45, 7) is 2.09. The molecule has 0 saturated carbocycles. The van der Waals surface area contributed by atoms with Crippen LogP contribution in [0.25, 0.3) is 0 Å². The maximum absolute atomic E-state index is 5.22. The average molecular weight is 164 g/mol. The molecule has 2 nitrogen and oxygen atoms in total. The highest BCUT2D eigenvalue weighted by atomic mass is 35.5. The summed E-state index contributed by atoms with van der Waals surface area (Å²) in [5.41, 5.74) is 5.22. The molecule has 0 aromatic rings. The Hall–Kier alpha value is -0.230. The summed E-state index contributed by atoms with van der Waals surface area (Å²) in [6, 6.07) is 0. The van der Waals surface area contributed by atoms with Crippen LogP contribution in [0.4, 0.5) is 0 Å². The van der Waals surface area contributed by atoms with Gasteiger partial charge >= 0.3 is 0 Å². The highest BCUT2D eigenvalue weighted by Crippen LogP contribution is 1.81. The molecule has 0 aliphatic heterocycles. The molecule has 0 saturated heterocycles. The van der Waals surface area contributed by atoms with Crippen LogP contribution in [0, 0.1) is 12.3 Å². The second-order valence-electron chi connectivity index (χ2n) is 1.71. The van der Waals surface area contributed by atoms with Crippen molar-refractivity contribution in [1.29, 1.82) is 0 Å². The summed E-state index contributed by atoms with van der Waals surface area (Å²) in [4.78, 5) is 0. The van der Waals surface area contributed by atoms with Crippen LogP contribution in [0.1, 0.15) is 12.8 Å². The fourth-order valence-corrected chi connectivity index (χ4v) is 0.419. The molecule has 3 heteroatoms. The highest BCUT2D eigenvalue weighted by Gasteiger charge is 1.83. The Morgan fingerprint density at radius 3 is 2.60 bits per heavy atom. The SMILES string of the molecule is C#CCCOCCCN.Cl. The molecule has 2 N–H and O–H groups in total. The van der Waals surface area contributed by atoms with Gasteiger partial charge < -0.3 is 10.5 Å². The molecule has 0 radical (unpaired) electrons. The minimum absolute atomic E-state index is 0. The molecule has 0 aromatic carbocycles. The third-order valence-corrected chi connectivity index (χ3v) is 0.884. The summed E-state index contributed by atoms with van der Waals surface area (Å²) < 4.78 is 5.09. The second kappa shape index (κ2) is 11.6. The normalized spacial score (nSPS) is 8.00. The lowest BCUT2D eigenvalue weighted by atomic mass is 10.4. The van der Waals surface area contributed by atoms with Crippen LogP contribution in [0.15, 0.2) is 0 Å². The van der Waals surface area contributed by atoms with E-state index in [-0.39, 0.29) is 12.4 Å². The van der Waals surface area contributed by atoms with Gasteiger partial charge in [0, 0.05) is 13.0 Å². The van der Waals surface area contributed by atoms with Crippen LogP contribution in [0.5, 0.6) is 0 Å². The number of ether oxygens (including phenoxy) is 1. The van der Waals surface area contributed by atoms with Crippen LogP contribution >= 0.6 is 12.4 Å². The number of hydrogen-bond donors (Lipinski definition) is 1. The lowest BCUT2D eigenvalue weighted by Crippen LogP contribution is -2.04. The number of rotatable bonds is 5. The summed E-state index contributed by atoms with van der Waals surface area (Å²) in [7, 11) is 0. The van der Waals surface area contributed by atoms with E-state index in [1.807, 2.05) is 0 Å². The van der Waals surface area contributed by atoms with E-state index in [1.54, 1.807) is 0 Å². The van der Waals surface area contributed by atoms with E-state index < -0.39 is 0 Å². The molecular formula is C7H14ClNO. The van der Waals surface area contributed by atoms with Crippen LogP contribution in [0.3, 0.4) is 0 Å². The predicted molar refractivity (Wildman–Crippen MR) is 45.2 cm³/mol. The van der Waals surface area contributed by atoms with Gasteiger partial charge in [-0.3, -0.25) is 0 Å². The van der Waals surface area contributed by atoms with E-state index in [2.05, 4.69) is 5.92 Å². The van der Waals surface area contributed by atoms with Crippen molar-refractivity contribution in [3.05, 3.63) is 0 Å². The fourth-order valence-electron chi connectivity index (χ4n) is 0.419. The molecule has 0 rings (SSSR count). The van der Waals surface area contributed by atoms with Gasteiger partial charge in [0.2, 0.25) is 0 Å². The standard InChI is InChI=1S/C7H13NO.ClH/c1-2-3-6-9-7-4-5-8;/h1H,3-8H2;1H. The molecular weight excluding hydrogens is 150 g/mol. The molecule has 0 fully saturated rings. The average Bonchev–Trinajstić information content (AvgIpc) is 1.89. The van der Waals surface area contributed by atoms with Crippen molar-refractivity contribution in [3.63, 3.8) is 0 Å². The van der Waals surface area contributed by atoms with Crippen LogP contribution in [-0.2, 0) is 4.74 Å². The van der Waals surface area contributed by atoms with Gasteiger partial charge in [0.25, 0.3) is 0 Å². The van der Waals surface area contributed by atoms with E-state index in [1.165, 1.54) is 0 Å². The highest BCUT2D eigenvalue weighted by molar-refractivity contribution is 5.85. The molecule has 0 heterocycles. The number of terminal acetylenes is 1. The quantitative estimate of drug-likeness (QED) is 0.481. The molecule has 0 aromatic heterocycles. The van der Waals surface area contributed by atoms with Crippen LogP contribution < -0.4 is 5.73 Å². The first kappa shape index (κ1) is 12.4. The summed E-state index contributed by atoms with van der Waals surface area (Å²) in [5.74, 6) is 2.49. The Bertz CT molecular complexity index is 90.1. The number of nitrogens with two attached hydrogens (primary N) is 1. The van der Waals surface area contributed by atoms with Gasteiger partial charge in [0.15, 0.2) is 0 Å². The molecule has 0 atom stereocenters. The Labute approximate surface area is 68.5 Å². The predicted octanol–water partition coefficient (Wildman–Crippen LogP) is 0.797. The Kier molecular flexibility index (Phi) is 14.4. The first-order valence-corrected chi connectivity index (χ1v) is 3.13. The Balaban J connectivity index is 0. The summed E-state index contributed by atoms with van der Waals surface area (Å²) in [6.07, 6.45) is 6.61. The van der Waals surface area contributed by atoms with Gasteiger partial charge in [-0.1, -0.05) is 0 Å². The van der Waals surface area contributed by atoms with Crippen molar-refractivity contribution in [3.8, 4) is 12.3 Å². The number of hydrogen-bond acceptors (Lipinski definition) is 2. The molecule has 0 bridgehead atoms. The zero-order valence-electron chi connectivity index (χ0n) is 6.01. The Morgan fingerprint density at radius 2 is 2.10 bits per heavy atom. The molecule has 10 heavy (non-hydrogen) atoms.